The summed E-state index contributed by atoms with van der Waals surface area (Å²) < 4.78 is 151. The van der Waals surface area contributed by atoms with Crippen molar-refractivity contribution in [1.82, 2.24) is 0 Å². The molecule has 1 fully saturated rings. The summed E-state index contributed by atoms with van der Waals surface area (Å²) in [6.07, 6.45) is -10.2. The lowest BCUT2D eigenvalue weighted by Crippen LogP contribution is -2.41. The van der Waals surface area contributed by atoms with Crippen molar-refractivity contribution < 1.29 is 62.7 Å². The van der Waals surface area contributed by atoms with Crippen LogP contribution in [0.5, 0.6) is 0 Å². The van der Waals surface area contributed by atoms with Crippen LogP contribution in [0.1, 0.15) is 58.2 Å². The van der Waals surface area contributed by atoms with Crippen LogP contribution in [0.4, 0.5) is 55.3 Å². The number of halogens is 11. The zero-order valence-corrected chi connectivity index (χ0v) is 38.5. The minimum Gasteiger partial charge on any atom is -0.399 e. The molecule has 10 nitrogen and oxygen atoms in total. The third-order valence-corrected chi connectivity index (χ3v) is 10.1. The summed E-state index contributed by atoms with van der Waals surface area (Å²) in [5.74, 6) is -2.37. The van der Waals surface area contributed by atoms with E-state index < -0.39 is 66.9 Å². The predicted octanol–water partition coefficient (Wildman–Crippen LogP) is 10.9. The lowest BCUT2D eigenvalue weighted by atomic mass is 9.78. The van der Waals surface area contributed by atoms with Gasteiger partial charge in [-0.15, -0.1) is 0 Å². The number of hydrogen-bond acceptors (Lipinski definition) is 8. The number of nitrogens with two attached hydrogens (primary N) is 2. The molecule has 1 saturated heterocycles. The van der Waals surface area contributed by atoms with Crippen molar-refractivity contribution in [2.24, 2.45) is 11.5 Å². The smallest absolute Gasteiger partial charge is 0.399 e. The molecule has 8 N–H and O–H groups in total. The van der Waals surface area contributed by atoms with Crippen LogP contribution in [-0.4, -0.2) is 54.6 Å². The highest BCUT2D eigenvalue weighted by Gasteiger charge is 2.52. The van der Waals surface area contributed by atoms with Crippen LogP contribution in [0.3, 0.4) is 0 Å². The highest BCUT2D eigenvalue weighted by atomic mass is 127. The first-order valence-corrected chi connectivity index (χ1v) is 20.7. The quantitative estimate of drug-likeness (QED) is 0.0182. The summed E-state index contributed by atoms with van der Waals surface area (Å²) in [7, 11) is -0.788. The lowest BCUT2D eigenvalue weighted by molar-refractivity contribution is -0.217. The first-order valence-electron chi connectivity index (χ1n) is 19.6. The SMILES string of the molecule is C[C@@H](OCc1cc(F)cc(/C(=C/C(=N)N)Nc2ccc(F)cc2)c1)C(F)(F)F.C[C@@H](OCc1cc(F)cc(B2OC(C)(C)C(C)(C)O2)c1)C(F)(F)F.N=C(N)/C=C(/I)Nc1ccc(F)cc1. The Labute approximate surface area is 389 Å². The molecule has 0 spiro atoms. The number of hydrogen-bond donors (Lipinski definition) is 6. The van der Waals surface area contributed by atoms with Crippen molar-refractivity contribution in [3.8, 4) is 0 Å². The normalized spacial score (nSPS) is 15.7. The largest absolute Gasteiger partial charge is 0.494 e. The maximum absolute atomic E-state index is 14.0. The second-order valence-electron chi connectivity index (χ2n) is 15.5. The molecule has 66 heavy (non-hydrogen) atoms. The fourth-order valence-electron chi connectivity index (χ4n) is 5.27. The molecule has 1 aliphatic heterocycles. The summed E-state index contributed by atoms with van der Waals surface area (Å²) in [4.78, 5) is 0. The summed E-state index contributed by atoms with van der Waals surface area (Å²) >= 11 is 2.00. The van der Waals surface area contributed by atoms with Crippen LogP contribution in [0.25, 0.3) is 5.70 Å². The molecule has 2 atom stereocenters. The van der Waals surface area contributed by atoms with Gasteiger partial charge >= 0.3 is 19.5 Å². The Morgan fingerprint density at radius 1 is 0.652 bits per heavy atom. The summed E-state index contributed by atoms with van der Waals surface area (Å²) in [5.41, 5.74) is 11.9. The van der Waals surface area contributed by atoms with Gasteiger partial charge in [-0.1, -0.05) is 6.07 Å². The van der Waals surface area contributed by atoms with E-state index in [4.69, 9.17) is 41.1 Å². The number of amidine groups is 2. The Morgan fingerprint density at radius 3 is 1.48 bits per heavy atom. The number of anilines is 2. The Balaban J connectivity index is 0.000000277. The van der Waals surface area contributed by atoms with Gasteiger partial charge in [0.15, 0.2) is 12.2 Å². The van der Waals surface area contributed by atoms with Gasteiger partial charge in [-0.05, 0) is 160 Å². The van der Waals surface area contributed by atoms with Gasteiger partial charge in [0.05, 0.1) is 28.1 Å². The van der Waals surface area contributed by atoms with Crippen molar-refractivity contribution in [2.45, 2.75) is 90.5 Å². The van der Waals surface area contributed by atoms with Gasteiger partial charge in [-0.2, -0.15) is 26.3 Å². The van der Waals surface area contributed by atoms with E-state index in [1.165, 1.54) is 66.7 Å². The molecule has 1 aliphatic rings. The molecule has 4 aromatic rings. The molecule has 22 heteroatoms. The average molecular weight is 1050 g/mol. The molecule has 0 amide bonds. The van der Waals surface area contributed by atoms with Crippen molar-refractivity contribution in [2.75, 3.05) is 10.6 Å². The molecule has 0 aromatic heterocycles. The van der Waals surface area contributed by atoms with Crippen molar-refractivity contribution in [3.63, 3.8) is 0 Å². The summed E-state index contributed by atoms with van der Waals surface area (Å²) in [6.45, 7) is 8.40. The van der Waals surface area contributed by atoms with Crippen LogP contribution in [0.15, 0.2) is 101 Å². The van der Waals surface area contributed by atoms with Crippen molar-refractivity contribution >= 4 is 63.9 Å². The van der Waals surface area contributed by atoms with E-state index in [-0.39, 0.29) is 46.5 Å². The predicted molar refractivity (Wildman–Crippen MR) is 243 cm³/mol. The van der Waals surface area contributed by atoms with Gasteiger partial charge in [-0.3, -0.25) is 10.8 Å². The number of alkyl halides is 6. The first-order chi connectivity index (χ1) is 30.4. The first kappa shape index (κ1) is 55.2. The summed E-state index contributed by atoms with van der Waals surface area (Å²) in [5, 5.41) is 20.3. The maximum atomic E-state index is 14.0. The number of ether oxygens (including phenoxy) is 2. The fourth-order valence-corrected chi connectivity index (χ4v) is 5.92. The van der Waals surface area contributed by atoms with E-state index in [1.54, 1.807) is 12.1 Å². The number of nitrogens with one attached hydrogen (secondary N) is 4. The molecule has 0 unspecified atom stereocenters. The second-order valence-corrected chi connectivity index (χ2v) is 16.7. The minimum atomic E-state index is -4.53. The second kappa shape index (κ2) is 23.5. The Morgan fingerprint density at radius 2 is 1.06 bits per heavy atom. The molecule has 0 bridgehead atoms. The van der Waals surface area contributed by atoms with Crippen LogP contribution >= 0.6 is 22.6 Å². The Hall–Kier alpha value is -5.17. The van der Waals surface area contributed by atoms with Crippen LogP contribution in [0, 0.1) is 34.1 Å². The number of rotatable bonds is 14. The molecular formula is C44H48BF10IN6O4. The van der Waals surface area contributed by atoms with E-state index in [0.29, 0.717) is 14.9 Å². The molecule has 0 radical (unpaired) electrons. The molecule has 0 aliphatic carbocycles. The topological polar surface area (TPSA) is 161 Å². The molecule has 358 valence electrons. The molecule has 1 heterocycles. The average Bonchev–Trinajstić information content (AvgIpc) is 3.42. The van der Waals surface area contributed by atoms with Gasteiger partial charge in [0, 0.05) is 34.8 Å². The number of benzene rings is 4. The third-order valence-electron chi connectivity index (χ3n) is 9.51. The van der Waals surface area contributed by atoms with Gasteiger partial charge in [-0.25, -0.2) is 17.6 Å². The van der Waals surface area contributed by atoms with Crippen LogP contribution in [-0.2, 0) is 32.0 Å². The fraction of sp³-hybridized carbons (Fsp3) is 0.318. The van der Waals surface area contributed by atoms with Gasteiger partial charge < -0.3 is 40.9 Å². The van der Waals surface area contributed by atoms with E-state index in [2.05, 4.69) is 10.6 Å². The molecule has 0 saturated carbocycles. The van der Waals surface area contributed by atoms with Crippen LogP contribution < -0.4 is 27.6 Å². The van der Waals surface area contributed by atoms with E-state index in [0.717, 1.165) is 37.7 Å². The zero-order valence-electron chi connectivity index (χ0n) is 36.3. The van der Waals surface area contributed by atoms with Crippen molar-refractivity contribution in [3.05, 3.63) is 141 Å². The standard InChI is InChI=1S/C19H18F5N3O.C16H21BF4O3.C9H9FIN3/c1-11(19(22,23)24)28-10-12-6-13(8-15(21)7-12)17(9-18(25)26)27-16-4-2-14(20)3-5-16;1-10(16(19,20)21)22-9-11-6-12(8-13(18)7-11)17-23-14(2,3)15(4,5)24-17;10-6-1-3-7(4-2-6)14-8(11)5-9(12)13/h2-9,11,27H,10H2,1H3,(H3,25,26);6-8,10H,9H2,1-5H3;1-5,14H,(H3,12,13)/b17-9-;;8-5-/t11-;10-;/m11./s1. The zero-order chi connectivity index (χ0) is 49.8. The molecular weight excluding hydrogens is 1000 g/mol. The Kier molecular flexibility index (Phi) is 19.7. The molecule has 4 aromatic carbocycles. The van der Waals surface area contributed by atoms with Crippen LogP contribution in [0.2, 0.25) is 0 Å². The highest BCUT2D eigenvalue weighted by Crippen LogP contribution is 2.37. The summed E-state index contributed by atoms with van der Waals surface area (Å²) in [6, 6.07) is 18.7. The maximum Gasteiger partial charge on any atom is 0.494 e. The molecule has 5 rings (SSSR count). The third kappa shape index (κ3) is 18.3. The monoisotopic (exact) mass is 1050 g/mol. The van der Waals surface area contributed by atoms with Gasteiger partial charge in [0.1, 0.15) is 34.9 Å². The highest BCUT2D eigenvalue weighted by molar-refractivity contribution is 14.1. The minimum absolute atomic E-state index is 0.0241. The van der Waals surface area contributed by atoms with Crippen molar-refractivity contribution in [1.29, 1.82) is 10.8 Å². The van der Waals surface area contributed by atoms with E-state index in [9.17, 15) is 43.9 Å². The van der Waals surface area contributed by atoms with E-state index in [1.807, 2.05) is 50.3 Å². The lowest BCUT2D eigenvalue weighted by Gasteiger charge is -2.32. The van der Waals surface area contributed by atoms with E-state index >= 15 is 0 Å². The van der Waals surface area contributed by atoms with Gasteiger partial charge in [0.2, 0.25) is 0 Å². The van der Waals surface area contributed by atoms with Gasteiger partial charge in [0.25, 0.3) is 0 Å². The Bertz CT molecular complexity index is 2310.